The smallest absolute Gasteiger partial charge is 0.238 e. The van der Waals surface area contributed by atoms with Crippen LogP contribution >= 0.6 is 0 Å². The van der Waals surface area contributed by atoms with Crippen LogP contribution in [0.15, 0.2) is 146 Å². The zero-order valence-electron chi connectivity index (χ0n) is 25.5. The number of benzene rings is 5. The first-order chi connectivity index (χ1) is 22.8. The van der Waals surface area contributed by atoms with E-state index in [1.54, 1.807) is 0 Å². The summed E-state index contributed by atoms with van der Waals surface area (Å²) in [5.74, 6) is 1.77. The Morgan fingerprint density at radius 1 is 0.435 bits per heavy atom. The topological polar surface area (TPSA) is 61.4 Å². The Kier molecular flexibility index (Phi) is 6.80. The molecule has 5 aromatic carbocycles. The van der Waals surface area contributed by atoms with Gasteiger partial charge in [0.25, 0.3) is 0 Å². The van der Waals surface area contributed by atoms with Crippen LogP contribution in [0.25, 0.3) is 78.2 Å². The van der Waals surface area contributed by atoms with Crippen LogP contribution in [0.5, 0.6) is 0 Å². The zero-order chi connectivity index (χ0) is 31.0. The summed E-state index contributed by atoms with van der Waals surface area (Å²) in [7, 11) is 0. The fourth-order valence-electron chi connectivity index (χ4n) is 6.28. The molecule has 6 nitrogen and oxygen atoms in total. The number of hydrogen-bond donors (Lipinski definition) is 0. The highest BCUT2D eigenvalue weighted by Gasteiger charge is 2.24. The molecule has 0 saturated heterocycles. The Morgan fingerprint density at radius 2 is 0.935 bits per heavy atom. The van der Waals surface area contributed by atoms with E-state index >= 15 is 0 Å². The zero-order valence-corrected chi connectivity index (χ0v) is 25.5. The third-order valence-corrected chi connectivity index (χ3v) is 8.21. The number of aromatic nitrogens is 6. The third-order valence-electron chi connectivity index (χ3n) is 8.21. The third kappa shape index (κ3) is 4.34. The Bertz CT molecular complexity index is 2420. The predicted octanol–water partition coefficient (Wildman–Crippen LogP) is 9.82. The highest BCUT2D eigenvalue weighted by molar-refractivity contribution is 6.22. The number of nitrogens with zero attached hydrogens (tertiary/aromatic N) is 6. The molecule has 0 spiro atoms. The van der Waals surface area contributed by atoms with Gasteiger partial charge in [0.05, 0.1) is 22.1 Å². The van der Waals surface area contributed by atoms with E-state index in [0.29, 0.717) is 17.6 Å². The molecular formula is C40H30N6. The van der Waals surface area contributed by atoms with E-state index < -0.39 is 0 Å². The first-order valence-electron chi connectivity index (χ1n) is 15.6. The number of fused-ring (bicyclic) bond motifs is 7. The first kappa shape index (κ1) is 27.4. The van der Waals surface area contributed by atoms with Gasteiger partial charge in [-0.1, -0.05) is 129 Å². The SMILES string of the molecule is CC.c1ccc(-c2nc(-c3ccccc3)nc(-n3c4ccccc4c4ncc5c6ccccc6n(-c6ccccc6)c5c43)n2)cc1. The fourth-order valence-corrected chi connectivity index (χ4v) is 6.28. The van der Waals surface area contributed by atoms with Crippen LogP contribution in [0.3, 0.4) is 0 Å². The van der Waals surface area contributed by atoms with Gasteiger partial charge in [0.15, 0.2) is 11.6 Å². The Hall–Kier alpha value is -6.14. The molecule has 0 aliphatic carbocycles. The molecule has 46 heavy (non-hydrogen) atoms. The highest BCUT2D eigenvalue weighted by Crippen LogP contribution is 2.40. The van der Waals surface area contributed by atoms with Crippen LogP contribution in [-0.4, -0.2) is 29.1 Å². The Labute approximate surface area is 266 Å². The summed E-state index contributed by atoms with van der Waals surface area (Å²) in [5, 5.41) is 3.25. The van der Waals surface area contributed by atoms with Crippen LogP contribution in [0.4, 0.5) is 0 Å². The molecule has 0 aliphatic rings. The summed E-state index contributed by atoms with van der Waals surface area (Å²) in [6.45, 7) is 4.00. The van der Waals surface area contributed by atoms with Gasteiger partial charge in [0, 0.05) is 39.2 Å². The van der Waals surface area contributed by atoms with Crippen molar-refractivity contribution < 1.29 is 0 Å². The maximum absolute atomic E-state index is 5.14. The van der Waals surface area contributed by atoms with Crippen LogP contribution < -0.4 is 0 Å². The normalized spacial score (nSPS) is 11.3. The van der Waals surface area contributed by atoms with Crippen molar-refractivity contribution in [3.05, 3.63) is 146 Å². The number of pyridine rings is 1. The van der Waals surface area contributed by atoms with Gasteiger partial charge in [-0.15, -0.1) is 0 Å². The monoisotopic (exact) mass is 594 g/mol. The van der Waals surface area contributed by atoms with E-state index in [4.69, 9.17) is 19.9 Å². The van der Waals surface area contributed by atoms with Gasteiger partial charge < -0.3 is 4.57 Å². The van der Waals surface area contributed by atoms with Crippen molar-refractivity contribution in [3.63, 3.8) is 0 Å². The lowest BCUT2D eigenvalue weighted by Gasteiger charge is -2.13. The molecule has 0 unspecified atom stereocenters. The molecule has 0 bridgehead atoms. The van der Waals surface area contributed by atoms with Crippen molar-refractivity contribution in [1.29, 1.82) is 0 Å². The number of hydrogen-bond acceptors (Lipinski definition) is 4. The molecule has 0 amide bonds. The lowest BCUT2D eigenvalue weighted by Crippen LogP contribution is -2.07. The Balaban J connectivity index is 0.00000153. The molecule has 0 saturated carbocycles. The van der Waals surface area contributed by atoms with E-state index in [-0.39, 0.29) is 0 Å². The minimum Gasteiger partial charge on any atom is -0.307 e. The van der Waals surface area contributed by atoms with Crippen molar-refractivity contribution in [2.45, 2.75) is 13.8 Å². The summed E-state index contributed by atoms with van der Waals surface area (Å²) < 4.78 is 4.50. The summed E-state index contributed by atoms with van der Waals surface area (Å²) >= 11 is 0. The van der Waals surface area contributed by atoms with Crippen LogP contribution in [0.2, 0.25) is 0 Å². The van der Waals surface area contributed by atoms with Crippen LogP contribution in [0, 0.1) is 0 Å². The van der Waals surface area contributed by atoms with Crippen molar-refractivity contribution >= 4 is 43.7 Å². The summed E-state index contributed by atoms with van der Waals surface area (Å²) in [6.07, 6.45) is 2.01. The Morgan fingerprint density at radius 3 is 1.54 bits per heavy atom. The molecule has 4 aromatic heterocycles. The average molecular weight is 595 g/mol. The van der Waals surface area contributed by atoms with Gasteiger partial charge in [-0.25, -0.2) is 4.98 Å². The maximum Gasteiger partial charge on any atom is 0.238 e. The van der Waals surface area contributed by atoms with E-state index in [1.807, 2.05) is 86.8 Å². The van der Waals surface area contributed by atoms with Gasteiger partial charge in [0.2, 0.25) is 5.95 Å². The molecule has 9 aromatic rings. The van der Waals surface area contributed by atoms with E-state index in [1.165, 1.54) is 0 Å². The largest absolute Gasteiger partial charge is 0.307 e. The summed E-state index contributed by atoms with van der Waals surface area (Å²) in [6, 6.07) is 47.5. The predicted molar refractivity (Wildman–Crippen MR) is 189 cm³/mol. The van der Waals surface area contributed by atoms with Gasteiger partial charge in [-0.2, -0.15) is 9.97 Å². The second-order valence-electron chi connectivity index (χ2n) is 10.8. The molecule has 6 heteroatoms. The molecule has 0 radical (unpaired) electrons. The molecule has 4 heterocycles. The molecular weight excluding hydrogens is 564 g/mol. The van der Waals surface area contributed by atoms with Crippen molar-refractivity contribution in [2.24, 2.45) is 0 Å². The minimum absolute atomic E-state index is 0.545. The molecule has 0 fully saturated rings. The van der Waals surface area contributed by atoms with Crippen molar-refractivity contribution in [1.82, 2.24) is 29.1 Å². The van der Waals surface area contributed by atoms with Crippen LogP contribution in [-0.2, 0) is 0 Å². The number of rotatable bonds is 4. The molecule has 0 atom stereocenters. The molecule has 0 aliphatic heterocycles. The molecule has 220 valence electrons. The van der Waals surface area contributed by atoms with Crippen molar-refractivity contribution in [2.75, 3.05) is 0 Å². The van der Waals surface area contributed by atoms with E-state index in [2.05, 4.69) is 81.9 Å². The van der Waals surface area contributed by atoms with Gasteiger partial charge in [-0.05, 0) is 24.3 Å². The molecule has 0 N–H and O–H groups in total. The summed E-state index contributed by atoms with van der Waals surface area (Å²) in [5.41, 5.74) is 7.94. The first-order valence-corrected chi connectivity index (χ1v) is 15.6. The molecule has 9 rings (SSSR count). The minimum atomic E-state index is 0.545. The standard InChI is InChI=1S/C38H24N6.C2H6/c1-4-14-25(15-5-1)36-40-37(26-16-6-2-7-17-26)42-38(41-36)44-32-23-13-11-21-29(32)33-35(44)34-30(24-39-33)28-20-10-12-22-31(28)43(34)27-18-8-3-9-19-27;1-2/h1-24H;1-2H3. The van der Waals surface area contributed by atoms with E-state index in [9.17, 15) is 0 Å². The van der Waals surface area contributed by atoms with E-state index in [0.717, 1.165) is 60.6 Å². The maximum atomic E-state index is 5.14. The second-order valence-corrected chi connectivity index (χ2v) is 10.8. The van der Waals surface area contributed by atoms with Crippen LogP contribution in [0.1, 0.15) is 13.8 Å². The van der Waals surface area contributed by atoms with Crippen molar-refractivity contribution in [3.8, 4) is 34.4 Å². The van der Waals surface area contributed by atoms with Gasteiger partial charge in [0.1, 0.15) is 5.52 Å². The lowest BCUT2D eigenvalue weighted by atomic mass is 10.2. The number of para-hydroxylation sites is 3. The quantitative estimate of drug-likeness (QED) is 0.203. The second kappa shape index (κ2) is 11.4. The fraction of sp³-hybridized carbons (Fsp3) is 0.0500. The lowest BCUT2D eigenvalue weighted by molar-refractivity contribution is 0.953. The average Bonchev–Trinajstić information content (AvgIpc) is 3.67. The van der Waals surface area contributed by atoms with Gasteiger partial charge >= 0.3 is 0 Å². The van der Waals surface area contributed by atoms with Gasteiger partial charge in [-0.3, -0.25) is 9.55 Å². The summed E-state index contributed by atoms with van der Waals surface area (Å²) in [4.78, 5) is 20.3. The highest BCUT2D eigenvalue weighted by atomic mass is 15.2.